The molecule has 0 heterocycles. The van der Waals surface area contributed by atoms with Crippen LogP contribution in [-0.4, -0.2) is 12.5 Å². The molecule has 0 bridgehead atoms. The van der Waals surface area contributed by atoms with Crippen molar-refractivity contribution in [2.75, 3.05) is 17.2 Å². The van der Waals surface area contributed by atoms with Gasteiger partial charge in [-0.25, -0.2) is 0 Å². The third-order valence-corrected chi connectivity index (χ3v) is 4.18. The Hall–Kier alpha value is -1.52. The molecule has 0 aliphatic carbocycles. The summed E-state index contributed by atoms with van der Waals surface area (Å²) in [5, 5.41) is 6.67. The minimum absolute atomic E-state index is 0.0368. The first-order valence-electron chi connectivity index (χ1n) is 6.60. The van der Waals surface area contributed by atoms with Gasteiger partial charge in [0.2, 0.25) is 5.91 Å². The highest BCUT2D eigenvalue weighted by atomic mass is 79.9. The maximum atomic E-state index is 11.9. The van der Waals surface area contributed by atoms with Crippen LogP contribution >= 0.6 is 27.5 Å². The topological polar surface area (TPSA) is 41.1 Å². The van der Waals surface area contributed by atoms with E-state index in [1.807, 2.05) is 49.4 Å². The third kappa shape index (κ3) is 4.76. The molecule has 0 spiro atoms. The van der Waals surface area contributed by atoms with E-state index in [0.29, 0.717) is 18.0 Å². The molecule has 3 nitrogen and oxygen atoms in total. The molecule has 0 aliphatic heterocycles. The van der Waals surface area contributed by atoms with Crippen molar-refractivity contribution in [3.8, 4) is 0 Å². The van der Waals surface area contributed by atoms with Crippen molar-refractivity contribution in [3.05, 3.63) is 57.5 Å². The summed E-state index contributed by atoms with van der Waals surface area (Å²) in [6.07, 6.45) is 0.372. The van der Waals surface area contributed by atoms with Gasteiger partial charge in [-0.1, -0.05) is 45.7 Å². The van der Waals surface area contributed by atoms with Gasteiger partial charge in [0, 0.05) is 23.1 Å². The molecule has 0 fully saturated rings. The van der Waals surface area contributed by atoms with Gasteiger partial charge < -0.3 is 10.6 Å². The van der Waals surface area contributed by atoms with E-state index < -0.39 is 0 Å². The summed E-state index contributed by atoms with van der Waals surface area (Å²) in [5.74, 6) is -0.0368. The molecule has 1 amide bonds. The van der Waals surface area contributed by atoms with Gasteiger partial charge in [-0.2, -0.15) is 0 Å². The van der Waals surface area contributed by atoms with Gasteiger partial charge in [-0.3, -0.25) is 4.79 Å². The van der Waals surface area contributed by atoms with Crippen molar-refractivity contribution < 1.29 is 4.79 Å². The predicted octanol–water partition coefficient (Wildman–Crippen LogP) is 4.85. The molecule has 0 saturated heterocycles. The van der Waals surface area contributed by atoms with Crippen molar-refractivity contribution in [1.29, 1.82) is 0 Å². The first kappa shape index (κ1) is 15.9. The fourth-order valence-electron chi connectivity index (χ4n) is 1.81. The summed E-state index contributed by atoms with van der Waals surface area (Å²) in [7, 11) is 0. The molecule has 2 aromatic carbocycles. The molecule has 110 valence electrons. The first-order chi connectivity index (χ1) is 10.1. The summed E-state index contributed by atoms with van der Waals surface area (Å²) in [6, 6.07) is 13.2. The summed E-state index contributed by atoms with van der Waals surface area (Å²) in [6.45, 7) is 2.53. The van der Waals surface area contributed by atoms with Crippen LogP contribution in [0.15, 0.2) is 46.9 Å². The largest absolute Gasteiger partial charge is 0.383 e. The molecule has 0 aliphatic rings. The maximum absolute atomic E-state index is 11.9. The fraction of sp³-hybridized carbons (Fsp3) is 0.188. The lowest BCUT2D eigenvalue weighted by Gasteiger charge is -2.09. The Morgan fingerprint density at radius 1 is 1.24 bits per heavy atom. The smallest absolute Gasteiger partial charge is 0.226 e. The van der Waals surface area contributed by atoms with Crippen molar-refractivity contribution in [3.63, 3.8) is 0 Å². The maximum Gasteiger partial charge on any atom is 0.226 e. The number of anilines is 2. The minimum Gasteiger partial charge on any atom is -0.383 e. The number of hydrogen-bond acceptors (Lipinski definition) is 2. The van der Waals surface area contributed by atoms with Crippen molar-refractivity contribution in [2.45, 2.75) is 13.3 Å². The molecule has 0 atom stereocenters. The average Bonchev–Trinajstić information content (AvgIpc) is 2.45. The monoisotopic (exact) mass is 366 g/mol. The zero-order valence-corrected chi connectivity index (χ0v) is 14.0. The second-order valence-corrected chi connectivity index (χ2v) is 5.93. The lowest BCUT2D eigenvalue weighted by atomic mass is 10.2. The van der Waals surface area contributed by atoms with Crippen LogP contribution in [-0.2, 0) is 4.79 Å². The predicted molar refractivity (Wildman–Crippen MR) is 92.1 cm³/mol. The van der Waals surface area contributed by atoms with E-state index in [1.165, 1.54) is 0 Å². The molecular weight excluding hydrogens is 352 g/mol. The van der Waals surface area contributed by atoms with E-state index in [4.69, 9.17) is 11.6 Å². The van der Waals surface area contributed by atoms with Gasteiger partial charge in [0.15, 0.2) is 0 Å². The Kier molecular flexibility index (Phi) is 5.65. The summed E-state index contributed by atoms with van der Waals surface area (Å²) >= 11 is 9.48. The number of nitrogens with one attached hydrogen (secondary N) is 2. The van der Waals surface area contributed by atoms with Gasteiger partial charge >= 0.3 is 0 Å². The number of amides is 1. The second kappa shape index (κ2) is 7.48. The third-order valence-electron chi connectivity index (χ3n) is 3.00. The molecule has 5 heteroatoms. The van der Waals surface area contributed by atoms with Crippen LogP contribution in [0.1, 0.15) is 12.0 Å². The van der Waals surface area contributed by atoms with Crippen LogP contribution < -0.4 is 10.6 Å². The fourth-order valence-corrected chi connectivity index (χ4v) is 2.39. The Morgan fingerprint density at radius 3 is 2.71 bits per heavy atom. The Bertz CT molecular complexity index is 646. The molecule has 2 N–H and O–H groups in total. The number of hydrogen-bond donors (Lipinski definition) is 2. The van der Waals surface area contributed by atoms with E-state index in [1.54, 1.807) is 0 Å². The highest BCUT2D eigenvalue weighted by Gasteiger charge is 2.04. The quantitative estimate of drug-likeness (QED) is 0.793. The number of benzene rings is 2. The minimum atomic E-state index is -0.0368. The van der Waals surface area contributed by atoms with Gasteiger partial charge in [0.25, 0.3) is 0 Å². The number of aryl methyl sites for hydroxylation is 1. The van der Waals surface area contributed by atoms with Crippen LogP contribution in [0.3, 0.4) is 0 Å². The van der Waals surface area contributed by atoms with Crippen LogP contribution in [0.25, 0.3) is 0 Å². The van der Waals surface area contributed by atoms with E-state index in [2.05, 4.69) is 26.6 Å². The zero-order valence-electron chi connectivity index (χ0n) is 11.6. The summed E-state index contributed by atoms with van der Waals surface area (Å²) < 4.78 is 0.981. The zero-order chi connectivity index (χ0) is 15.2. The molecule has 0 aromatic heterocycles. The summed E-state index contributed by atoms with van der Waals surface area (Å²) in [5.41, 5.74) is 2.76. The number of carbonyl (C=O) groups is 1. The Labute approximate surface area is 137 Å². The normalized spacial score (nSPS) is 10.2. The average molecular weight is 368 g/mol. The van der Waals surface area contributed by atoms with Gasteiger partial charge in [-0.05, 0) is 36.8 Å². The SMILES string of the molecule is Cc1ccc(NC(=O)CCNc2ccccc2Cl)cc1Br. The molecular formula is C16H16BrClN2O. The van der Waals surface area contributed by atoms with Crippen LogP contribution in [0.2, 0.25) is 5.02 Å². The standard InChI is InChI=1S/C16H16BrClN2O/c1-11-6-7-12(10-13(11)17)20-16(21)8-9-19-15-5-3-2-4-14(15)18/h2-7,10,19H,8-9H2,1H3,(H,20,21). The second-order valence-electron chi connectivity index (χ2n) is 4.67. The van der Waals surface area contributed by atoms with Crippen molar-refractivity contribution in [2.24, 2.45) is 0 Å². The van der Waals surface area contributed by atoms with E-state index in [0.717, 1.165) is 21.4 Å². The van der Waals surface area contributed by atoms with Crippen molar-refractivity contribution in [1.82, 2.24) is 0 Å². The van der Waals surface area contributed by atoms with Gasteiger partial charge in [0.1, 0.15) is 0 Å². The number of carbonyl (C=O) groups excluding carboxylic acids is 1. The van der Waals surface area contributed by atoms with Crippen molar-refractivity contribution >= 4 is 44.8 Å². The Morgan fingerprint density at radius 2 is 2.00 bits per heavy atom. The molecule has 21 heavy (non-hydrogen) atoms. The molecule has 2 aromatic rings. The first-order valence-corrected chi connectivity index (χ1v) is 7.78. The Balaban J connectivity index is 1.82. The van der Waals surface area contributed by atoms with E-state index >= 15 is 0 Å². The summed E-state index contributed by atoms with van der Waals surface area (Å²) in [4.78, 5) is 11.9. The lowest BCUT2D eigenvalue weighted by molar-refractivity contribution is -0.115. The van der Waals surface area contributed by atoms with Crippen LogP contribution in [0, 0.1) is 6.92 Å². The van der Waals surface area contributed by atoms with E-state index in [-0.39, 0.29) is 5.91 Å². The van der Waals surface area contributed by atoms with Crippen LogP contribution in [0.5, 0.6) is 0 Å². The highest BCUT2D eigenvalue weighted by Crippen LogP contribution is 2.21. The molecule has 0 saturated carbocycles. The molecule has 2 rings (SSSR count). The molecule has 0 unspecified atom stereocenters. The molecule has 0 radical (unpaired) electrons. The van der Waals surface area contributed by atoms with E-state index in [9.17, 15) is 4.79 Å². The van der Waals surface area contributed by atoms with Gasteiger partial charge in [-0.15, -0.1) is 0 Å². The number of halogens is 2. The number of rotatable bonds is 5. The number of para-hydroxylation sites is 1. The lowest BCUT2D eigenvalue weighted by Crippen LogP contribution is -2.16. The van der Waals surface area contributed by atoms with Crippen LogP contribution in [0.4, 0.5) is 11.4 Å². The highest BCUT2D eigenvalue weighted by molar-refractivity contribution is 9.10. The van der Waals surface area contributed by atoms with Gasteiger partial charge in [0.05, 0.1) is 10.7 Å².